The van der Waals surface area contributed by atoms with Crippen molar-refractivity contribution >= 4 is 5.78 Å². The summed E-state index contributed by atoms with van der Waals surface area (Å²) in [4.78, 5) is 11.7. The number of ether oxygens (including phenoxy) is 1. The molecule has 2 heteroatoms. The zero-order valence-electron chi connectivity index (χ0n) is 11.3. The monoisotopic (exact) mass is 228 g/mol. The summed E-state index contributed by atoms with van der Waals surface area (Å²) >= 11 is 0. The highest BCUT2D eigenvalue weighted by Crippen LogP contribution is 2.17. The molecular weight excluding hydrogens is 200 g/mol. The summed E-state index contributed by atoms with van der Waals surface area (Å²) in [5.41, 5.74) is 0. The lowest BCUT2D eigenvalue weighted by atomic mass is 9.93. The molecule has 0 bridgehead atoms. The topological polar surface area (TPSA) is 26.3 Å². The molecular formula is C14H28O2. The normalized spacial score (nSPS) is 12.7. The van der Waals surface area contributed by atoms with E-state index in [0.717, 1.165) is 25.9 Å². The zero-order valence-corrected chi connectivity index (χ0v) is 11.3. The van der Waals surface area contributed by atoms with Gasteiger partial charge in [0.2, 0.25) is 0 Å². The van der Waals surface area contributed by atoms with Crippen molar-refractivity contribution in [3.63, 3.8) is 0 Å². The Morgan fingerprint density at radius 2 is 1.88 bits per heavy atom. The molecule has 0 saturated carbocycles. The molecule has 0 heterocycles. The Morgan fingerprint density at radius 1 is 1.12 bits per heavy atom. The van der Waals surface area contributed by atoms with Crippen LogP contribution in [0.2, 0.25) is 0 Å². The van der Waals surface area contributed by atoms with Crippen LogP contribution in [0, 0.1) is 5.92 Å². The van der Waals surface area contributed by atoms with Crippen LogP contribution >= 0.6 is 0 Å². The number of hydrogen-bond donors (Lipinski definition) is 0. The third-order valence-corrected chi connectivity index (χ3v) is 2.93. The molecule has 0 radical (unpaired) electrons. The number of unbranched alkanes of at least 4 members (excludes halogenated alkanes) is 1. The van der Waals surface area contributed by atoms with E-state index < -0.39 is 0 Å². The summed E-state index contributed by atoms with van der Waals surface area (Å²) in [7, 11) is 0. The van der Waals surface area contributed by atoms with Gasteiger partial charge in [-0.1, -0.05) is 46.5 Å². The molecule has 0 amide bonds. The Balaban J connectivity index is 3.57. The highest BCUT2D eigenvalue weighted by molar-refractivity contribution is 5.78. The largest absolute Gasteiger partial charge is 0.381 e. The number of carbonyl (C=O) groups excluding carboxylic acids is 1. The second-order valence-electron chi connectivity index (χ2n) is 4.52. The fourth-order valence-electron chi connectivity index (χ4n) is 1.80. The fraction of sp³-hybridized carbons (Fsp3) is 0.929. The van der Waals surface area contributed by atoms with E-state index in [1.165, 1.54) is 19.3 Å². The van der Waals surface area contributed by atoms with E-state index in [-0.39, 0.29) is 0 Å². The molecule has 0 fully saturated rings. The molecule has 2 nitrogen and oxygen atoms in total. The molecule has 0 aromatic heterocycles. The summed E-state index contributed by atoms with van der Waals surface area (Å²) < 4.78 is 5.33. The molecule has 0 aliphatic carbocycles. The summed E-state index contributed by atoms with van der Waals surface area (Å²) in [6.45, 7) is 7.85. The van der Waals surface area contributed by atoms with Crippen molar-refractivity contribution in [2.45, 2.75) is 65.7 Å². The minimum Gasteiger partial charge on any atom is -0.381 e. The van der Waals surface area contributed by atoms with Crippen molar-refractivity contribution in [3.8, 4) is 0 Å². The maximum atomic E-state index is 11.7. The average molecular weight is 228 g/mol. The van der Waals surface area contributed by atoms with Crippen molar-refractivity contribution in [1.82, 2.24) is 0 Å². The van der Waals surface area contributed by atoms with Gasteiger partial charge in [-0.25, -0.2) is 0 Å². The molecule has 16 heavy (non-hydrogen) atoms. The van der Waals surface area contributed by atoms with E-state index in [2.05, 4.69) is 20.8 Å². The van der Waals surface area contributed by atoms with Gasteiger partial charge in [-0.2, -0.15) is 0 Å². The molecule has 0 rings (SSSR count). The molecule has 0 spiro atoms. The van der Waals surface area contributed by atoms with Gasteiger partial charge in [0, 0.05) is 19.4 Å². The van der Waals surface area contributed by atoms with Crippen LogP contribution in [0.5, 0.6) is 0 Å². The van der Waals surface area contributed by atoms with Crippen molar-refractivity contribution in [1.29, 1.82) is 0 Å². The Morgan fingerprint density at radius 3 is 2.44 bits per heavy atom. The number of carbonyl (C=O) groups is 1. The van der Waals surface area contributed by atoms with Gasteiger partial charge in [-0.3, -0.25) is 4.79 Å². The first-order chi connectivity index (χ1) is 7.74. The third-order valence-electron chi connectivity index (χ3n) is 2.93. The average Bonchev–Trinajstić information content (AvgIpc) is 2.30. The van der Waals surface area contributed by atoms with Crippen LogP contribution in [0.3, 0.4) is 0 Å². The standard InChI is InChI=1S/C14H28O2/c1-4-7-8-13(6-3)12-14(15)9-11-16-10-5-2/h13H,4-12H2,1-3H3. The smallest absolute Gasteiger partial charge is 0.135 e. The first-order valence-electron chi connectivity index (χ1n) is 6.83. The summed E-state index contributed by atoms with van der Waals surface area (Å²) in [6, 6.07) is 0. The summed E-state index contributed by atoms with van der Waals surface area (Å²) in [5, 5.41) is 0. The molecule has 0 aromatic carbocycles. The highest BCUT2D eigenvalue weighted by atomic mass is 16.5. The van der Waals surface area contributed by atoms with Crippen LogP contribution in [0.1, 0.15) is 65.7 Å². The third kappa shape index (κ3) is 8.90. The Kier molecular flexibility index (Phi) is 10.9. The molecule has 96 valence electrons. The van der Waals surface area contributed by atoms with Gasteiger partial charge in [0.1, 0.15) is 5.78 Å². The van der Waals surface area contributed by atoms with Gasteiger partial charge < -0.3 is 4.74 Å². The quantitative estimate of drug-likeness (QED) is 0.500. The van der Waals surface area contributed by atoms with Crippen LogP contribution in [0.4, 0.5) is 0 Å². The molecule has 0 N–H and O–H groups in total. The molecule has 0 aliphatic rings. The lowest BCUT2D eigenvalue weighted by molar-refractivity contribution is -0.121. The van der Waals surface area contributed by atoms with Gasteiger partial charge in [-0.05, 0) is 12.3 Å². The lowest BCUT2D eigenvalue weighted by Gasteiger charge is -2.13. The van der Waals surface area contributed by atoms with Crippen molar-refractivity contribution in [2.75, 3.05) is 13.2 Å². The Hall–Kier alpha value is -0.370. The van der Waals surface area contributed by atoms with E-state index in [4.69, 9.17) is 4.74 Å². The molecule has 1 atom stereocenters. The van der Waals surface area contributed by atoms with Gasteiger partial charge >= 0.3 is 0 Å². The number of ketones is 1. The van der Waals surface area contributed by atoms with E-state index in [9.17, 15) is 4.79 Å². The van der Waals surface area contributed by atoms with Crippen LogP contribution in [-0.2, 0) is 9.53 Å². The Bertz CT molecular complexity index is 166. The van der Waals surface area contributed by atoms with Crippen LogP contribution in [-0.4, -0.2) is 19.0 Å². The number of hydrogen-bond acceptors (Lipinski definition) is 2. The highest BCUT2D eigenvalue weighted by Gasteiger charge is 2.11. The molecule has 0 aromatic rings. The SMILES string of the molecule is CCCCC(CC)CC(=O)CCOCCC. The van der Waals surface area contributed by atoms with Crippen LogP contribution in [0.15, 0.2) is 0 Å². The second kappa shape index (κ2) is 11.1. The summed E-state index contributed by atoms with van der Waals surface area (Å²) in [5.74, 6) is 0.970. The molecule has 0 aliphatic heterocycles. The lowest BCUT2D eigenvalue weighted by Crippen LogP contribution is -2.10. The van der Waals surface area contributed by atoms with E-state index in [1.54, 1.807) is 0 Å². The van der Waals surface area contributed by atoms with Gasteiger partial charge in [0.25, 0.3) is 0 Å². The second-order valence-corrected chi connectivity index (χ2v) is 4.52. The van der Waals surface area contributed by atoms with Crippen LogP contribution in [0.25, 0.3) is 0 Å². The van der Waals surface area contributed by atoms with Crippen molar-refractivity contribution in [3.05, 3.63) is 0 Å². The first kappa shape index (κ1) is 15.6. The van der Waals surface area contributed by atoms with Crippen molar-refractivity contribution < 1.29 is 9.53 Å². The van der Waals surface area contributed by atoms with Gasteiger partial charge in [0.05, 0.1) is 6.61 Å². The zero-order chi connectivity index (χ0) is 12.2. The molecule has 1 unspecified atom stereocenters. The van der Waals surface area contributed by atoms with E-state index in [1.807, 2.05) is 0 Å². The Labute approximate surface area is 101 Å². The minimum atomic E-state index is 0.374. The predicted molar refractivity (Wildman–Crippen MR) is 68.7 cm³/mol. The minimum absolute atomic E-state index is 0.374. The predicted octanol–water partition coefficient (Wildman–Crippen LogP) is 3.98. The van der Waals surface area contributed by atoms with Crippen LogP contribution < -0.4 is 0 Å². The van der Waals surface area contributed by atoms with Gasteiger partial charge in [0.15, 0.2) is 0 Å². The maximum Gasteiger partial charge on any atom is 0.135 e. The summed E-state index contributed by atoms with van der Waals surface area (Å²) in [6.07, 6.45) is 7.19. The number of rotatable bonds is 11. The molecule has 0 saturated heterocycles. The van der Waals surface area contributed by atoms with Gasteiger partial charge in [-0.15, -0.1) is 0 Å². The number of Topliss-reactive ketones (excluding diaryl/α,β-unsaturated/α-hetero) is 1. The van der Waals surface area contributed by atoms with E-state index >= 15 is 0 Å². The van der Waals surface area contributed by atoms with E-state index in [0.29, 0.717) is 24.7 Å². The fourth-order valence-corrected chi connectivity index (χ4v) is 1.80. The first-order valence-corrected chi connectivity index (χ1v) is 6.83. The van der Waals surface area contributed by atoms with Crippen molar-refractivity contribution in [2.24, 2.45) is 5.92 Å². The maximum absolute atomic E-state index is 11.7.